The number of hydrogen-bond donors (Lipinski definition) is 1. The summed E-state index contributed by atoms with van der Waals surface area (Å²) in [5, 5.41) is 3.06. The van der Waals surface area contributed by atoms with Gasteiger partial charge in [-0.25, -0.2) is 0 Å². The molecule has 1 rings (SSSR count). The summed E-state index contributed by atoms with van der Waals surface area (Å²) in [6.07, 6.45) is 6.12. The molecular weight excluding hydrogens is 162 g/mol. The van der Waals surface area contributed by atoms with E-state index in [1.807, 2.05) is 0 Å². The SMILES string of the molecule is CC[C@H]1CC[C@@](C)(NC(C)=O)CC1. The van der Waals surface area contributed by atoms with Crippen LogP contribution in [0, 0.1) is 5.92 Å². The molecule has 0 spiro atoms. The van der Waals surface area contributed by atoms with Crippen molar-refractivity contribution in [3.8, 4) is 0 Å². The minimum absolute atomic E-state index is 0.0809. The highest BCUT2D eigenvalue weighted by molar-refractivity contribution is 5.73. The maximum absolute atomic E-state index is 11.0. The van der Waals surface area contributed by atoms with Gasteiger partial charge in [-0.3, -0.25) is 4.79 Å². The largest absolute Gasteiger partial charge is 0.351 e. The van der Waals surface area contributed by atoms with Crippen molar-refractivity contribution in [1.29, 1.82) is 0 Å². The molecule has 0 heterocycles. The summed E-state index contributed by atoms with van der Waals surface area (Å²) in [6.45, 7) is 6.03. The van der Waals surface area contributed by atoms with Crippen molar-refractivity contribution in [2.45, 2.75) is 58.4 Å². The van der Waals surface area contributed by atoms with Gasteiger partial charge in [0.25, 0.3) is 0 Å². The van der Waals surface area contributed by atoms with Crippen molar-refractivity contribution in [2.24, 2.45) is 5.92 Å². The molecule has 0 aromatic carbocycles. The summed E-state index contributed by atoms with van der Waals surface area (Å²) in [7, 11) is 0. The van der Waals surface area contributed by atoms with Crippen LogP contribution >= 0.6 is 0 Å². The maximum atomic E-state index is 11.0. The Balaban J connectivity index is 2.41. The molecule has 0 radical (unpaired) electrons. The molecule has 0 aromatic rings. The standard InChI is InChI=1S/C11H21NO/c1-4-10-5-7-11(3,8-6-10)12-9(2)13/h10H,4-8H2,1-3H3,(H,12,13)/t10-,11+. The molecule has 1 amide bonds. The molecule has 76 valence electrons. The van der Waals surface area contributed by atoms with E-state index in [-0.39, 0.29) is 11.4 Å². The van der Waals surface area contributed by atoms with Crippen LogP contribution in [0.15, 0.2) is 0 Å². The number of amides is 1. The second-order valence-corrected chi connectivity index (χ2v) is 4.59. The molecule has 0 aromatic heterocycles. The van der Waals surface area contributed by atoms with Crippen molar-refractivity contribution >= 4 is 5.91 Å². The summed E-state index contributed by atoms with van der Waals surface area (Å²) in [5.74, 6) is 0.999. The predicted octanol–water partition coefficient (Wildman–Crippen LogP) is 2.48. The average molecular weight is 183 g/mol. The fraction of sp³-hybridized carbons (Fsp3) is 0.909. The lowest BCUT2D eigenvalue weighted by molar-refractivity contribution is -0.121. The van der Waals surface area contributed by atoms with Crippen LogP contribution in [0.5, 0.6) is 0 Å². The van der Waals surface area contributed by atoms with Gasteiger partial charge in [0.15, 0.2) is 0 Å². The van der Waals surface area contributed by atoms with E-state index in [0.29, 0.717) is 0 Å². The predicted molar refractivity (Wildman–Crippen MR) is 54.5 cm³/mol. The second-order valence-electron chi connectivity index (χ2n) is 4.59. The summed E-state index contributed by atoms with van der Waals surface area (Å²) >= 11 is 0. The molecule has 2 nitrogen and oxygen atoms in total. The van der Waals surface area contributed by atoms with Crippen LogP contribution in [0.25, 0.3) is 0 Å². The van der Waals surface area contributed by atoms with E-state index in [1.165, 1.54) is 19.3 Å². The van der Waals surface area contributed by atoms with E-state index in [0.717, 1.165) is 18.8 Å². The van der Waals surface area contributed by atoms with Gasteiger partial charge >= 0.3 is 0 Å². The van der Waals surface area contributed by atoms with Crippen molar-refractivity contribution in [2.75, 3.05) is 0 Å². The topological polar surface area (TPSA) is 29.1 Å². The summed E-state index contributed by atoms with van der Waals surface area (Å²) in [5.41, 5.74) is 0.0809. The number of hydrogen-bond acceptors (Lipinski definition) is 1. The third-order valence-electron chi connectivity index (χ3n) is 3.26. The van der Waals surface area contributed by atoms with Crippen LogP contribution in [0.4, 0.5) is 0 Å². The van der Waals surface area contributed by atoms with Crippen LogP contribution < -0.4 is 5.32 Å². The first-order chi connectivity index (χ1) is 6.06. The lowest BCUT2D eigenvalue weighted by Crippen LogP contribution is -2.47. The van der Waals surface area contributed by atoms with Gasteiger partial charge in [0, 0.05) is 12.5 Å². The van der Waals surface area contributed by atoms with Crippen molar-refractivity contribution in [3.05, 3.63) is 0 Å². The highest BCUT2D eigenvalue weighted by Crippen LogP contribution is 2.33. The summed E-state index contributed by atoms with van der Waals surface area (Å²) in [6, 6.07) is 0. The van der Waals surface area contributed by atoms with Crippen molar-refractivity contribution in [3.63, 3.8) is 0 Å². The molecule has 0 aliphatic heterocycles. The molecule has 1 aliphatic rings. The summed E-state index contributed by atoms with van der Waals surface area (Å²) < 4.78 is 0. The first kappa shape index (κ1) is 10.6. The highest BCUT2D eigenvalue weighted by Gasteiger charge is 2.30. The molecule has 13 heavy (non-hydrogen) atoms. The van der Waals surface area contributed by atoms with Gasteiger partial charge in [-0.15, -0.1) is 0 Å². The van der Waals surface area contributed by atoms with Crippen LogP contribution in [-0.4, -0.2) is 11.4 Å². The Bertz CT molecular complexity index is 181. The van der Waals surface area contributed by atoms with Gasteiger partial charge in [0.2, 0.25) is 5.91 Å². The highest BCUT2D eigenvalue weighted by atomic mass is 16.1. The summed E-state index contributed by atoms with van der Waals surface area (Å²) in [4.78, 5) is 11.0. The van der Waals surface area contributed by atoms with Crippen molar-refractivity contribution < 1.29 is 4.79 Å². The van der Waals surface area contributed by atoms with Crippen LogP contribution in [0.3, 0.4) is 0 Å². The quantitative estimate of drug-likeness (QED) is 0.700. The molecule has 1 N–H and O–H groups in total. The van der Waals surface area contributed by atoms with E-state index in [2.05, 4.69) is 19.2 Å². The minimum Gasteiger partial charge on any atom is -0.351 e. The molecule has 0 bridgehead atoms. The minimum atomic E-state index is 0.0809. The Labute approximate surface area is 81.1 Å². The number of carbonyl (C=O) groups excluding carboxylic acids is 1. The van der Waals surface area contributed by atoms with E-state index in [4.69, 9.17) is 0 Å². The van der Waals surface area contributed by atoms with Gasteiger partial charge in [0.05, 0.1) is 0 Å². The van der Waals surface area contributed by atoms with Crippen LogP contribution in [0.2, 0.25) is 0 Å². The molecular formula is C11H21NO. The lowest BCUT2D eigenvalue weighted by atomic mass is 9.77. The van der Waals surface area contributed by atoms with Gasteiger partial charge in [-0.2, -0.15) is 0 Å². The van der Waals surface area contributed by atoms with Gasteiger partial charge in [-0.05, 0) is 38.5 Å². The zero-order chi connectivity index (χ0) is 9.90. The lowest BCUT2D eigenvalue weighted by Gasteiger charge is -2.37. The Kier molecular flexibility index (Phi) is 3.34. The normalized spacial score (nSPS) is 34.2. The fourth-order valence-corrected chi connectivity index (χ4v) is 2.27. The number of rotatable bonds is 2. The fourth-order valence-electron chi connectivity index (χ4n) is 2.27. The van der Waals surface area contributed by atoms with Crippen LogP contribution in [-0.2, 0) is 4.79 Å². The molecule has 0 unspecified atom stereocenters. The third kappa shape index (κ3) is 3.02. The first-order valence-electron chi connectivity index (χ1n) is 5.34. The van der Waals surface area contributed by atoms with E-state index < -0.39 is 0 Å². The zero-order valence-electron chi connectivity index (χ0n) is 9.02. The maximum Gasteiger partial charge on any atom is 0.217 e. The van der Waals surface area contributed by atoms with E-state index in [9.17, 15) is 4.79 Å². The van der Waals surface area contributed by atoms with Crippen LogP contribution in [0.1, 0.15) is 52.9 Å². The first-order valence-corrected chi connectivity index (χ1v) is 5.34. The Morgan fingerprint density at radius 2 is 2.00 bits per heavy atom. The number of nitrogens with one attached hydrogen (secondary N) is 1. The molecule has 2 heteroatoms. The monoisotopic (exact) mass is 183 g/mol. The molecule has 1 fully saturated rings. The third-order valence-corrected chi connectivity index (χ3v) is 3.26. The van der Waals surface area contributed by atoms with Gasteiger partial charge in [-0.1, -0.05) is 13.3 Å². The molecule has 1 aliphatic carbocycles. The van der Waals surface area contributed by atoms with E-state index >= 15 is 0 Å². The van der Waals surface area contributed by atoms with E-state index in [1.54, 1.807) is 6.92 Å². The molecule has 0 atom stereocenters. The van der Waals surface area contributed by atoms with Gasteiger partial charge in [0.1, 0.15) is 0 Å². The Morgan fingerprint density at radius 3 is 2.38 bits per heavy atom. The Hall–Kier alpha value is -0.530. The Morgan fingerprint density at radius 1 is 1.46 bits per heavy atom. The molecule has 1 saturated carbocycles. The number of carbonyl (C=O) groups is 1. The van der Waals surface area contributed by atoms with Crippen molar-refractivity contribution in [1.82, 2.24) is 5.32 Å². The second kappa shape index (κ2) is 4.12. The zero-order valence-corrected chi connectivity index (χ0v) is 9.02. The molecule has 0 saturated heterocycles. The smallest absolute Gasteiger partial charge is 0.217 e. The van der Waals surface area contributed by atoms with Gasteiger partial charge < -0.3 is 5.32 Å². The average Bonchev–Trinajstić information content (AvgIpc) is 2.04.